The number of nitrogens with zero attached hydrogens (tertiary/aromatic N) is 3. The monoisotopic (exact) mass is 341 g/mol. The maximum absolute atomic E-state index is 12.5. The molecule has 1 aliphatic rings. The van der Waals surface area contributed by atoms with Crippen molar-refractivity contribution in [2.75, 3.05) is 19.7 Å². The number of carbonyl (C=O) groups is 2. The van der Waals surface area contributed by atoms with Gasteiger partial charge in [-0.05, 0) is 38.0 Å². The molecule has 2 heterocycles. The molecule has 2 aromatic rings. The first-order valence-electron chi connectivity index (χ1n) is 8.57. The van der Waals surface area contributed by atoms with Crippen molar-refractivity contribution in [3.8, 4) is 0 Å². The van der Waals surface area contributed by atoms with Crippen molar-refractivity contribution in [2.45, 2.75) is 26.3 Å². The van der Waals surface area contributed by atoms with Crippen LogP contribution in [0.5, 0.6) is 0 Å². The number of esters is 1. The first-order chi connectivity index (χ1) is 12.1. The summed E-state index contributed by atoms with van der Waals surface area (Å²) in [7, 11) is 0. The lowest BCUT2D eigenvalue weighted by molar-refractivity contribution is -0.157. The third-order valence-corrected chi connectivity index (χ3v) is 4.78. The quantitative estimate of drug-likeness (QED) is 0.783. The van der Waals surface area contributed by atoms with Gasteiger partial charge in [-0.1, -0.05) is 18.2 Å². The van der Waals surface area contributed by atoms with E-state index >= 15 is 0 Å². The van der Waals surface area contributed by atoms with Crippen molar-refractivity contribution < 1.29 is 14.3 Å². The SMILES string of the molecule is CC1(C(=O)OCCn2cccn2)CCN(C(=O)c2ccccc2)CC1. The number of hydrogen-bond donors (Lipinski definition) is 0. The Morgan fingerprint density at radius 1 is 1.16 bits per heavy atom. The summed E-state index contributed by atoms with van der Waals surface area (Å²) in [5, 5.41) is 4.08. The van der Waals surface area contributed by atoms with E-state index in [0.717, 1.165) is 0 Å². The van der Waals surface area contributed by atoms with E-state index in [-0.39, 0.29) is 11.9 Å². The zero-order valence-corrected chi connectivity index (χ0v) is 14.4. The van der Waals surface area contributed by atoms with Crippen molar-refractivity contribution in [3.05, 3.63) is 54.4 Å². The van der Waals surface area contributed by atoms with Crippen molar-refractivity contribution in [3.63, 3.8) is 0 Å². The maximum Gasteiger partial charge on any atom is 0.311 e. The summed E-state index contributed by atoms with van der Waals surface area (Å²) in [4.78, 5) is 26.7. The van der Waals surface area contributed by atoms with E-state index in [1.54, 1.807) is 10.9 Å². The van der Waals surface area contributed by atoms with Gasteiger partial charge in [0.25, 0.3) is 5.91 Å². The van der Waals surface area contributed by atoms with Crippen LogP contribution in [0.4, 0.5) is 0 Å². The molecule has 0 saturated carbocycles. The summed E-state index contributed by atoms with van der Waals surface area (Å²) < 4.78 is 7.17. The van der Waals surface area contributed by atoms with Crippen LogP contribution in [0.1, 0.15) is 30.1 Å². The van der Waals surface area contributed by atoms with E-state index in [9.17, 15) is 9.59 Å². The first-order valence-corrected chi connectivity index (χ1v) is 8.57. The molecule has 0 atom stereocenters. The summed E-state index contributed by atoms with van der Waals surface area (Å²) in [5.74, 6) is -0.166. The second-order valence-corrected chi connectivity index (χ2v) is 6.62. The molecular weight excluding hydrogens is 318 g/mol. The van der Waals surface area contributed by atoms with Crippen LogP contribution in [0, 0.1) is 5.41 Å². The summed E-state index contributed by atoms with van der Waals surface area (Å²) in [6.45, 7) is 3.92. The Morgan fingerprint density at radius 3 is 2.52 bits per heavy atom. The Labute approximate surface area is 147 Å². The number of carbonyl (C=O) groups excluding carboxylic acids is 2. The average Bonchev–Trinajstić information content (AvgIpc) is 3.16. The van der Waals surface area contributed by atoms with E-state index in [1.165, 1.54) is 0 Å². The summed E-state index contributed by atoms with van der Waals surface area (Å²) in [5.41, 5.74) is 0.158. The highest BCUT2D eigenvalue weighted by atomic mass is 16.5. The lowest BCUT2D eigenvalue weighted by Gasteiger charge is -2.37. The molecule has 1 aliphatic heterocycles. The van der Waals surface area contributed by atoms with Crippen LogP contribution in [0.3, 0.4) is 0 Å². The predicted octanol–water partition coefficient (Wildman–Crippen LogP) is 2.37. The molecule has 1 fully saturated rings. The van der Waals surface area contributed by atoms with Gasteiger partial charge in [0, 0.05) is 31.0 Å². The van der Waals surface area contributed by atoms with Gasteiger partial charge in [-0.15, -0.1) is 0 Å². The molecule has 0 spiro atoms. The normalized spacial score (nSPS) is 16.4. The van der Waals surface area contributed by atoms with E-state index in [1.807, 2.05) is 54.4 Å². The molecule has 1 aromatic carbocycles. The zero-order valence-electron chi connectivity index (χ0n) is 14.4. The third kappa shape index (κ3) is 4.07. The maximum atomic E-state index is 12.5. The van der Waals surface area contributed by atoms with Gasteiger partial charge in [0.2, 0.25) is 0 Å². The Kier molecular flexibility index (Phi) is 5.16. The lowest BCUT2D eigenvalue weighted by atomic mass is 9.80. The van der Waals surface area contributed by atoms with Gasteiger partial charge in [-0.25, -0.2) is 0 Å². The average molecular weight is 341 g/mol. The number of aromatic nitrogens is 2. The number of rotatable bonds is 5. The van der Waals surface area contributed by atoms with Gasteiger partial charge in [0.1, 0.15) is 6.61 Å². The van der Waals surface area contributed by atoms with Crippen LogP contribution >= 0.6 is 0 Å². The van der Waals surface area contributed by atoms with Crippen LogP contribution in [0.15, 0.2) is 48.8 Å². The van der Waals surface area contributed by atoms with Crippen molar-refractivity contribution >= 4 is 11.9 Å². The van der Waals surface area contributed by atoms with Gasteiger partial charge in [-0.3, -0.25) is 14.3 Å². The van der Waals surface area contributed by atoms with Crippen LogP contribution in [-0.4, -0.2) is 46.3 Å². The molecule has 6 nitrogen and oxygen atoms in total. The highest BCUT2D eigenvalue weighted by molar-refractivity contribution is 5.94. The number of piperidine rings is 1. The molecule has 1 aromatic heterocycles. The number of benzene rings is 1. The highest BCUT2D eigenvalue weighted by Gasteiger charge is 2.39. The van der Waals surface area contributed by atoms with Crippen LogP contribution < -0.4 is 0 Å². The van der Waals surface area contributed by atoms with E-state index in [4.69, 9.17) is 4.74 Å². The molecule has 0 aliphatic carbocycles. The molecule has 0 radical (unpaired) electrons. The Hall–Kier alpha value is -2.63. The molecule has 25 heavy (non-hydrogen) atoms. The van der Waals surface area contributed by atoms with Crippen LogP contribution in [0.25, 0.3) is 0 Å². The van der Waals surface area contributed by atoms with Gasteiger partial charge >= 0.3 is 5.97 Å². The minimum Gasteiger partial charge on any atom is -0.463 e. The highest BCUT2D eigenvalue weighted by Crippen LogP contribution is 2.32. The molecule has 0 unspecified atom stereocenters. The molecule has 1 saturated heterocycles. The Morgan fingerprint density at radius 2 is 1.88 bits per heavy atom. The molecule has 0 N–H and O–H groups in total. The topological polar surface area (TPSA) is 64.4 Å². The van der Waals surface area contributed by atoms with Crippen molar-refractivity contribution in [1.29, 1.82) is 0 Å². The first kappa shape index (κ1) is 17.2. The smallest absolute Gasteiger partial charge is 0.311 e. The van der Waals surface area contributed by atoms with Crippen LogP contribution in [-0.2, 0) is 16.1 Å². The fraction of sp³-hybridized carbons (Fsp3) is 0.421. The number of amides is 1. The number of hydrogen-bond acceptors (Lipinski definition) is 4. The van der Waals surface area contributed by atoms with E-state index in [0.29, 0.717) is 44.6 Å². The van der Waals surface area contributed by atoms with Crippen LogP contribution in [0.2, 0.25) is 0 Å². The number of ether oxygens (including phenoxy) is 1. The second-order valence-electron chi connectivity index (χ2n) is 6.62. The minimum absolute atomic E-state index is 0.0229. The standard InChI is InChI=1S/C19H23N3O3/c1-19(18(24)25-15-14-22-11-5-10-20-22)8-12-21(13-9-19)17(23)16-6-3-2-4-7-16/h2-7,10-11H,8-9,12-15H2,1H3. The largest absolute Gasteiger partial charge is 0.463 e. The minimum atomic E-state index is -0.530. The van der Waals surface area contributed by atoms with E-state index in [2.05, 4.69) is 5.10 Å². The predicted molar refractivity (Wildman–Crippen MR) is 92.9 cm³/mol. The molecule has 3 rings (SSSR count). The third-order valence-electron chi connectivity index (χ3n) is 4.78. The molecular formula is C19H23N3O3. The molecule has 0 bridgehead atoms. The lowest BCUT2D eigenvalue weighted by Crippen LogP contribution is -2.45. The summed E-state index contributed by atoms with van der Waals surface area (Å²) in [6, 6.07) is 11.1. The fourth-order valence-electron chi connectivity index (χ4n) is 3.01. The molecule has 132 valence electrons. The summed E-state index contributed by atoms with van der Waals surface area (Å²) in [6.07, 6.45) is 4.77. The van der Waals surface area contributed by atoms with E-state index < -0.39 is 5.41 Å². The van der Waals surface area contributed by atoms with Gasteiger partial charge < -0.3 is 9.64 Å². The fourth-order valence-corrected chi connectivity index (χ4v) is 3.01. The second kappa shape index (κ2) is 7.51. The van der Waals surface area contributed by atoms with Gasteiger partial charge in [0.05, 0.1) is 12.0 Å². The van der Waals surface area contributed by atoms with Gasteiger partial charge in [-0.2, -0.15) is 5.10 Å². The summed E-state index contributed by atoms with van der Waals surface area (Å²) >= 11 is 0. The van der Waals surface area contributed by atoms with Gasteiger partial charge in [0.15, 0.2) is 0 Å². The van der Waals surface area contributed by atoms with Crippen molar-refractivity contribution in [2.24, 2.45) is 5.41 Å². The Bertz CT molecular complexity index is 705. The van der Waals surface area contributed by atoms with Crippen molar-refractivity contribution in [1.82, 2.24) is 14.7 Å². The zero-order chi connectivity index (χ0) is 17.7. The number of likely N-dealkylation sites (tertiary alicyclic amines) is 1. The molecule has 6 heteroatoms. The molecule has 1 amide bonds. The Balaban J connectivity index is 1.49.